The molecule has 32 heavy (non-hydrogen) atoms. The van der Waals surface area contributed by atoms with E-state index in [1.165, 1.54) is 11.6 Å². The van der Waals surface area contributed by atoms with Crippen LogP contribution in [0.2, 0.25) is 0 Å². The van der Waals surface area contributed by atoms with Gasteiger partial charge in [0.1, 0.15) is 23.2 Å². The van der Waals surface area contributed by atoms with Crippen LogP contribution in [0.25, 0.3) is 11.0 Å². The molecule has 2 amide bonds. The Morgan fingerprint density at radius 1 is 1.00 bits per heavy atom. The standard InChI is InChI=1S/C23H27N5O4/c1-15(24-22(31)32-23(2,3)4)20(29)25-18(14-16-10-6-5-7-11-16)21(30)28-19-13-9-8-12-17(19)26-27-28/h5-13,15,18H,14H2,1-4H3,(H,24,31)(H,25,29)/t15-,18-/m0/s1. The predicted octanol–water partition coefficient (Wildman–Crippen LogP) is 2.71. The Balaban J connectivity index is 1.79. The molecule has 3 rings (SSSR count). The first-order valence-electron chi connectivity index (χ1n) is 10.3. The van der Waals surface area contributed by atoms with Crippen LogP contribution in [0.4, 0.5) is 4.79 Å². The third kappa shape index (κ3) is 5.90. The number of hydrogen-bond acceptors (Lipinski definition) is 6. The SMILES string of the molecule is C[C@H](NC(=O)OC(C)(C)C)C(=O)N[C@@H](Cc1ccccc1)C(=O)n1nnc2ccccc21. The van der Waals surface area contributed by atoms with Crippen molar-refractivity contribution in [3.05, 3.63) is 60.2 Å². The highest BCUT2D eigenvalue weighted by Gasteiger charge is 2.28. The molecule has 0 saturated carbocycles. The zero-order chi connectivity index (χ0) is 23.3. The zero-order valence-electron chi connectivity index (χ0n) is 18.5. The van der Waals surface area contributed by atoms with Crippen LogP contribution in [0.5, 0.6) is 0 Å². The van der Waals surface area contributed by atoms with Crippen molar-refractivity contribution in [2.45, 2.75) is 51.8 Å². The molecule has 0 fully saturated rings. The van der Waals surface area contributed by atoms with Crippen molar-refractivity contribution >= 4 is 28.9 Å². The average molecular weight is 438 g/mol. The monoisotopic (exact) mass is 437 g/mol. The van der Waals surface area contributed by atoms with Gasteiger partial charge in [-0.1, -0.05) is 47.7 Å². The molecule has 0 unspecified atom stereocenters. The van der Waals surface area contributed by atoms with E-state index in [1.54, 1.807) is 45.0 Å². The Hall–Kier alpha value is -3.75. The maximum atomic E-state index is 13.3. The number of rotatable bonds is 6. The number of fused-ring (bicyclic) bond motifs is 1. The van der Waals surface area contributed by atoms with Gasteiger partial charge >= 0.3 is 6.09 Å². The molecule has 2 N–H and O–H groups in total. The maximum Gasteiger partial charge on any atom is 0.408 e. The minimum absolute atomic E-state index is 0.249. The van der Waals surface area contributed by atoms with Gasteiger partial charge in [0.05, 0.1) is 5.52 Å². The van der Waals surface area contributed by atoms with E-state index in [9.17, 15) is 14.4 Å². The smallest absolute Gasteiger partial charge is 0.408 e. The number of ether oxygens (including phenoxy) is 1. The van der Waals surface area contributed by atoms with Crippen LogP contribution in [0.3, 0.4) is 0 Å². The minimum Gasteiger partial charge on any atom is -0.444 e. The van der Waals surface area contributed by atoms with Gasteiger partial charge in [0, 0.05) is 6.42 Å². The van der Waals surface area contributed by atoms with Gasteiger partial charge in [-0.3, -0.25) is 9.59 Å². The molecule has 9 nitrogen and oxygen atoms in total. The van der Waals surface area contributed by atoms with Crippen LogP contribution in [-0.4, -0.2) is 50.6 Å². The Morgan fingerprint density at radius 3 is 2.34 bits per heavy atom. The van der Waals surface area contributed by atoms with Crippen LogP contribution in [0.15, 0.2) is 54.6 Å². The fraction of sp³-hybridized carbons (Fsp3) is 0.348. The average Bonchev–Trinajstić information content (AvgIpc) is 3.16. The molecule has 1 aromatic heterocycles. The fourth-order valence-corrected chi connectivity index (χ4v) is 3.08. The molecule has 0 saturated heterocycles. The molecule has 1 heterocycles. The van der Waals surface area contributed by atoms with Gasteiger partial charge in [0.15, 0.2) is 0 Å². The number of amides is 2. The quantitative estimate of drug-likeness (QED) is 0.613. The molecule has 0 aliphatic rings. The molecule has 0 radical (unpaired) electrons. The summed E-state index contributed by atoms with van der Waals surface area (Å²) in [5, 5.41) is 13.2. The van der Waals surface area contributed by atoms with E-state index < -0.39 is 35.6 Å². The van der Waals surface area contributed by atoms with E-state index in [-0.39, 0.29) is 6.42 Å². The summed E-state index contributed by atoms with van der Waals surface area (Å²) in [4.78, 5) is 38.1. The van der Waals surface area contributed by atoms with Gasteiger partial charge in [-0.25, -0.2) is 4.79 Å². The summed E-state index contributed by atoms with van der Waals surface area (Å²) in [5.41, 5.74) is 1.29. The molecule has 2 aromatic carbocycles. The van der Waals surface area contributed by atoms with Crippen molar-refractivity contribution in [2.24, 2.45) is 0 Å². The topological polar surface area (TPSA) is 115 Å². The Labute approximate surface area is 186 Å². The van der Waals surface area contributed by atoms with Crippen molar-refractivity contribution < 1.29 is 19.1 Å². The lowest BCUT2D eigenvalue weighted by molar-refractivity contribution is -0.123. The number of nitrogens with one attached hydrogen (secondary N) is 2. The van der Waals surface area contributed by atoms with E-state index in [0.29, 0.717) is 11.0 Å². The Morgan fingerprint density at radius 2 is 1.66 bits per heavy atom. The maximum absolute atomic E-state index is 13.3. The van der Waals surface area contributed by atoms with Crippen molar-refractivity contribution in [1.82, 2.24) is 25.6 Å². The van der Waals surface area contributed by atoms with E-state index in [1.807, 2.05) is 30.3 Å². The van der Waals surface area contributed by atoms with Crippen molar-refractivity contribution in [3.63, 3.8) is 0 Å². The minimum atomic E-state index is -0.919. The number of benzene rings is 2. The summed E-state index contributed by atoms with van der Waals surface area (Å²) in [6.45, 7) is 6.71. The third-order valence-corrected chi connectivity index (χ3v) is 4.58. The summed E-state index contributed by atoms with van der Waals surface area (Å²) < 4.78 is 6.38. The van der Waals surface area contributed by atoms with Gasteiger partial charge in [-0.2, -0.15) is 4.68 Å². The molecular weight excluding hydrogens is 410 g/mol. The molecule has 0 aliphatic heterocycles. The number of nitrogens with zero attached hydrogens (tertiary/aromatic N) is 3. The van der Waals surface area contributed by atoms with Gasteiger partial charge < -0.3 is 15.4 Å². The second-order valence-electron chi connectivity index (χ2n) is 8.45. The molecule has 0 spiro atoms. The second kappa shape index (κ2) is 9.59. The van der Waals surface area contributed by atoms with E-state index in [2.05, 4.69) is 20.9 Å². The van der Waals surface area contributed by atoms with Gasteiger partial charge in [0.2, 0.25) is 5.91 Å². The zero-order valence-corrected chi connectivity index (χ0v) is 18.5. The molecule has 0 bridgehead atoms. The van der Waals surface area contributed by atoms with Gasteiger partial charge in [-0.15, -0.1) is 5.10 Å². The van der Waals surface area contributed by atoms with E-state index in [4.69, 9.17) is 4.74 Å². The molecule has 2 atom stereocenters. The normalized spacial score (nSPS) is 13.2. The number of aromatic nitrogens is 3. The summed E-state index contributed by atoms with van der Waals surface area (Å²) in [7, 11) is 0. The lowest BCUT2D eigenvalue weighted by Crippen LogP contribution is -2.52. The highest BCUT2D eigenvalue weighted by Crippen LogP contribution is 2.13. The van der Waals surface area contributed by atoms with Gasteiger partial charge in [-0.05, 0) is 45.4 Å². The Kier molecular flexibility index (Phi) is 6.87. The third-order valence-electron chi connectivity index (χ3n) is 4.58. The van der Waals surface area contributed by atoms with Crippen molar-refractivity contribution in [2.75, 3.05) is 0 Å². The summed E-state index contributed by atoms with van der Waals surface area (Å²) in [6.07, 6.45) is -0.466. The van der Waals surface area contributed by atoms with Crippen LogP contribution >= 0.6 is 0 Å². The highest BCUT2D eigenvalue weighted by molar-refractivity contribution is 5.95. The van der Waals surface area contributed by atoms with Crippen molar-refractivity contribution in [3.8, 4) is 0 Å². The van der Waals surface area contributed by atoms with Gasteiger partial charge in [0.25, 0.3) is 5.91 Å². The molecule has 0 aliphatic carbocycles. The number of para-hydroxylation sites is 1. The largest absolute Gasteiger partial charge is 0.444 e. The number of hydrogen-bond donors (Lipinski definition) is 2. The second-order valence-corrected chi connectivity index (χ2v) is 8.45. The van der Waals surface area contributed by atoms with E-state index >= 15 is 0 Å². The first kappa shape index (κ1) is 22.9. The number of alkyl carbamates (subject to hydrolysis) is 1. The first-order chi connectivity index (χ1) is 15.1. The number of carbonyl (C=O) groups excluding carboxylic acids is 3. The van der Waals surface area contributed by atoms with E-state index in [0.717, 1.165) is 5.56 Å². The number of carbonyl (C=O) groups is 3. The van der Waals surface area contributed by atoms with Crippen molar-refractivity contribution in [1.29, 1.82) is 0 Å². The molecule has 9 heteroatoms. The predicted molar refractivity (Wildman–Crippen MR) is 119 cm³/mol. The van der Waals surface area contributed by atoms with Crippen LogP contribution in [0.1, 0.15) is 38.1 Å². The lowest BCUT2D eigenvalue weighted by Gasteiger charge is -2.23. The summed E-state index contributed by atoms with van der Waals surface area (Å²) in [5.74, 6) is -0.949. The van der Waals surface area contributed by atoms with Crippen LogP contribution in [0, 0.1) is 0 Å². The summed E-state index contributed by atoms with van der Waals surface area (Å²) >= 11 is 0. The first-order valence-corrected chi connectivity index (χ1v) is 10.3. The fourth-order valence-electron chi connectivity index (χ4n) is 3.08. The Bertz CT molecular complexity index is 1100. The molecular formula is C23H27N5O4. The lowest BCUT2D eigenvalue weighted by atomic mass is 10.0. The highest BCUT2D eigenvalue weighted by atomic mass is 16.6. The van der Waals surface area contributed by atoms with Crippen LogP contribution in [-0.2, 0) is 16.0 Å². The van der Waals surface area contributed by atoms with Crippen LogP contribution < -0.4 is 10.6 Å². The summed E-state index contributed by atoms with van der Waals surface area (Å²) in [6, 6.07) is 14.6. The molecule has 3 aromatic rings. The molecule has 168 valence electrons.